The van der Waals surface area contributed by atoms with E-state index in [0.717, 1.165) is 4.90 Å². The van der Waals surface area contributed by atoms with Crippen molar-refractivity contribution in [2.24, 2.45) is 11.5 Å². The van der Waals surface area contributed by atoms with Gasteiger partial charge in [-0.25, -0.2) is 9.59 Å². The molecule has 0 aromatic carbocycles. The highest BCUT2D eigenvalue weighted by atomic mass is 16.6. The van der Waals surface area contributed by atoms with Gasteiger partial charge in [0, 0.05) is 6.54 Å². The van der Waals surface area contributed by atoms with E-state index >= 15 is 0 Å². The van der Waals surface area contributed by atoms with Crippen LogP contribution >= 0.6 is 0 Å². The third kappa shape index (κ3) is 9.76. The van der Waals surface area contributed by atoms with Crippen molar-refractivity contribution in [2.45, 2.75) is 83.1 Å². The van der Waals surface area contributed by atoms with Crippen molar-refractivity contribution in [1.82, 2.24) is 20.9 Å². The maximum absolute atomic E-state index is 12.9. The third-order valence-electron chi connectivity index (χ3n) is 5.01. The van der Waals surface area contributed by atoms with Crippen LogP contribution in [0.15, 0.2) is 0 Å². The van der Waals surface area contributed by atoms with Crippen LogP contribution in [0.5, 0.6) is 0 Å². The van der Waals surface area contributed by atoms with Gasteiger partial charge in [0.15, 0.2) is 0 Å². The Morgan fingerprint density at radius 2 is 1.50 bits per heavy atom. The van der Waals surface area contributed by atoms with E-state index in [1.54, 1.807) is 20.8 Å². The number of amides is 6. The van der Waals surface area contributed by atoms with Gasteiger partial charge < -0.3 is 42.2 Å². The van der Waals surface area contributed by atoms with Crippen LogP contribution in [0.1, 0.15) is 53.4 Å². The average Bonchev–Trinajstić information content (AvgIpc) is 3.20. The zero-order valence-corrected chi connectivity index (χ0v) is 20.7. The minimum Gasteiger partial charge on any atom is -0.480 e. The van der Waals surface area contributed by atoms with Crippen LogP contribution in [0.3, 0.4) is 0 Å². The second kappa shape index (κ2) is 12.7. The molecule has 0 aromatic rings. The number of carboxylic acid groups (broad SMARTS) is 1. The van der Waals surface area contributed by atoms with E-state index in [-0.39, 0.29) is 13.0 Å². The second-order valence-corrected chi connectivity index (χ2v) is 9.36. The summed E-state index contributed by atoms with van der Waals surface area (Å²) in [6, 6.07) is -5.33. The zero-order chi connectivity index (χ0) is 27.8. The Bertz CT molecular complexity index is 901. The smallest absolute Gasteiger partial charge is 0.408 e. The number of nitrogens with one attached hydrogen (secondary N) is 3. The lowest BCUT2D eigenvalue weighted by Gasteiger charge is -2.28. The first kappa shape index (κ1) is 30.1. The molecule has 1 heterocycles. The molecule has 1 saturated heterocycles. The van der Waals surface area contributed by atoms with Crippen molar-refractivity contribution in [3.8, 4) is 0 Å². The van der Waals surface area contributed by atoms with Crippen molar-refractivity contribution < 1.29 is 43.4 Å². The predicted molar refractivity (Wildman–Crippen MR) is 123 cm³/mol. The van der Waals surface area contributed by atoms with Crippen molar-refractivity contribution in [2.75, 3.05) is 6.54 Å². The first-order valence-corrected chi connectivity index (χ1v) is 11.2. The minimum absolute atomic E-state index is 0.123. The van der Waals surface area contributed by atoms with Gasteiger partial charge in [0.05, 0.1) is 12.8 Å². The number of nitrogens with two attached hydrogens (primary N) is 2. The molecule has 0 saturated carbocycles. The number of hydrogen-bond donors (Lipinski definition) is 6. The summed E-state index contributed by atoms with van der Waals surface area (Å²) in [4.78, 5) is 85.5. The van der Waals surface area contributed by atoms with Gasteiger partial charge >= 0.3 is 12.1 Å². The molecule has 36 heavy (non-hydrogen) atoms. The lowest BCUT2D eigenvalue weighted by atomic mass is 10.1. The molecule has 8 N–H and O–H groups in total. The molecule has 1 rings (SSSR count). The minimum atomic E-state index is -1.46. The van der Waals surface area contributed by atoms with E-state index in [2.05, 4.69) is 16.0 Å². The number of carboxylic acids is 1. The summed E-state index contributed by atoms with van der Waals surface area (Å²) in [6.07, 6.45) is -1.53. The first-order valence-electron chi connectivity index (χ1n) is 11.2. The maximum Gasteiger partial charge on any atom is 0.408 e. The topological polar surface area (TPSA) is 240 Å². The summed E-state index contributed by atoms with van der Waals surface area (Å²) in [5.41, 5.74) is 9.45. The molecule has 0 spiro atoms. The Kier molecular flexibility index (Phi) is 10.6. The molecule has 0 aliphatic carbocycles. The van der Waals surface area contributed by atoms with Crippen molar-refractivity contribution in [3.05, 3.63) is 0 Å². The molecule has 4 atom stereocenters. The molecule has 0 aromatic heterocycles. The van der Waals surface area contributed by atoms with Crippen LogP contribution in [0.25, 0.3) is 0 Å². The molecular weight excluding hydrogens is 480 g/mol. The average molecular weight is 515 g/mol. The number of carbonyl (C=O) groups excluding carboxylic acids is 6. The number of aliphatic carboxylic acids is 1. The molecule has 15 nitrogen and oxygen atoms in total. The Labute approximate surface area is 207 Å². The van der Waals surface area contributed by atoms with Crippen molar-refractivity contribution >= 4 is 41.6 Å². The molecule has 0 radical (unpaired) electrons. The molecule has 1 aliphatic rings. The fourth-order valence-corrected chi connectivity index (χ4v) is 3.43. The van der Waals surface area contributed by atoms with Crippen LogP contribution in [-0.4, -0.2) is 87.9 Å². The largest absolute Gasteiger partial charge is 0.480 e. The van der Waals surface area contributed by atoms with Gasteiger partial charge in [-0.15, -0.1) is 0 Å². The summed E-state index contributed by atoms with van der Waals surface area (Å²) < 4.78 is 5.05. The molecule has 0 bridgehead atoms. The SMILES string of the molecule is C[C@H](NC(=O)[C@H](CC(N)=O)NC(=O)OC(C)(C)C)C(=O)N[C@@H](CC(N)=O)C(=O)N1CCC[C@H]1C(=O)O. The standard InChI is InChI=1S/C21H34N6O9/c1-10(24-17(31)11(8-14(22)28)26-20(35)36-21(2,3)4)16(30)25-12(9-15(23)29)18(32)27-7-5-6-13(27)19(33)34/h10-13H,5-9H2,1-4H3,(H2,22,28)(H2,23,29)(H,24,31)(H,25,30)(H,26,35)(H,33,34)/t10-,11-,12-,13-/m0/s1. The van der Waals surface area contributed by atoms with Crippen molar-refractivity contribution in [3.63, 3.8) is 0 Å². The van der Waals surface area contributed by atoms with Crippen LogP contribution in [0.2, 0.25) is 0 Å². The van der Waals surface area contributed by atoms with Crippen LogP contribution in [0, 0.1) is 0 Å². The second-order valence-electron chi connectivity index (χ2n) is 9.36. The number of primary amides is 2. The Hall–Kier alpha value is -3.91. The summed E-state index contributed by atoms with van der Waals surface area (Å²) in [7, 11) is 0. The van der Waals surface area contributed by atoms with E-state index in [1.165, 1.54) is 6.92 Å². The summed E-state index contributed by atoms with van der Waals surface area (Å²) >= 11 is 0. The lowest BCUT2D eigenvalue weighted by Crippen LogP contribution is -2.58. The fourth-order valence-electron chi connectivity index (χ4n) is 3.43. The summed E-state index contributed by atoms with van der Waals surface area (Å²) in [5, 5.41) is 16.1. The third-order valence-corrected chi connectivity index (χ3v) is 5.01. The van der Waals surface area contributed by atoms with Crippen LogP contribution in [0.4, 0.5) is 4.79 Å². The van der Waals surface area contributed by atoms with E-state index in [9.17, 15) is 38.7 Å². The van der Waals surface area contributed by atoms with Gasteiger partial charge in [-0.2, -0.15) is 0 Å². The van der Waals surface area contributed by atoms with Gasteiger partial charge in [-0.3, -0.25) is 24.0 Å². The Morgan fingerprint density at radius 3 is 2.00 bits per heavy atom. The van der Waals surface area contributed by atoms with Crippen LogP contribution in [-0.2, 0) is 33.5 Å². The molecule has 202 valence electrons. The van der Waals surface area contributed by atoms with Crippen LogP contribution < -0.4 is 27.4 Å². The van der Waals surface area contributed by atoms with Crippen molar-refractivity contribution in [1.29, 1.82) is 0 Å². The number of nitrogens with zero attached hydrogens (tertiary/aromatic N) is 1. The van der Waals surface area contributed by atoms with E-state index in [1.807, 2.05) is 0 Å². The van der Waals surface area contributed by atoms with Gasteiger partial charge in [0.1, 0.15) is 29.8 Å². The fraction of sp³-hybridized carbons (Fsp3) is 0.667. The van der Waals surface area contributed by atoms with E-state index in [4.69, 9.17) is 16.2 Å². The summed E-state index contributed by atoms with van der Waals surface area (Å²) in [5.74, 6) is -5.68. The summed E-state index contributed by atoms with van der Waals surface area (Å²) in [6.45, 7) is 6.15. The number of likely N-dealkylation sites (tertiary alicyclic amines) is 1. The molecular formula is C21H34N6O9. The quantitative estimate of drug-likeness (QED) is 0.173. The molecule has 15 heteroatoms. The molecule has 1 fully saturated rings. The normalized spacial score (nSPS) is 17.8. The highest BCUT2D eigenvalue weighted by Gasteiger charge is 2.38. The predicted octanol–water partition coefficient (Wildman–Crippen LogP) is -2.30. The Morgan fingerprint density at radius 1 is 0.944 bits per heavy atom. The highest BCUT2D eigenvalue weighted by Crippen LogP contribution is 2.19. The van der Waals surface area contributed by atoms with E-state index < -0.39 is 84.2 Å². The molecule has 0 unspecified atom stereocenters. The van der Waals surface area contributed by atoms with Gasteiger partial charge in [-0.05, 0) is 40.5 Å². The highest BCUT2D eigenvalue weighted by molar-refractivity contribution is 5.97. The molecule has 1 aliphatic heterocycles. The van der Waals surface area contributed by atoms with Gasteiger partial charge in [0.2, 0.25) is 29.5 Å². The number of carbonyl (C=O) groups is 7. The first-order chi connectivity index (χ1) is 16.5. The van der Waals surface area contributed by atoms with Gasteiger partial charge in [-0.1, -0.05) is 0 Å². The number of ether oxygens (including phenoxy) is 1. The molecule has 6 amide bonds. The maximum atomic E-state index is 12.9. The number of hydrogen-bond acceptors (Lipinski definition) is 8. The lowest BCUT2D eigenvalue weighted by molar-refractivity contribution is -0.149. The van der Waals surface area contributed by atoms with E-state index in [0.29, 0.717) is 6.42 Å². The number of alkyl carbamates (subject to hydrolysis) is 1. The zero-order valence-electron chi connectivity index (χ0n) is 20.7. The number of rotatable bonds is 11. The Balaban J connectivity index is 2.91. The van der Waals surface area contributed by atoms with Gasteiger partial charge in [0.25, 0.3) is 0 Å². The monoisotopic (exact) mass is 514 g/mol.